The molecule has 0 fully saturated rings. The van der Waals surface area contributed by atoms with Gasteiger partial charge in [-0.25, -0.2) is 4.98 Å². The number of hydrogen-bond acceptors (Lipinski definition) is 5. The number of aromatic nitrogens is 3. The average molecular weight is 368 g/mol. The van der Waals surface area contributed by atoms with Crippen LogP contribution in [-0.2, 0) is 17.6 Å². The third-order valence-corrected chi connectivity index (χ3v) is 5.39. The van der Waals surface area contributed by atoms with E-state index in [2.05, 4.69) is 26.7 Å². The van der Waals surface area contributed by atoms with Crippen LogP contribution in [0.5, 0.6) is 0 Å². The second-order valence-electron chi connectivity index (χ2n) is 5.71. The Morgan fingerprint density at radius 2 is 2.24 bits per heavy atom. The van der Waals surface area contributed by atoms with Gasteiger partial charge < -0.3 is 5.32 Å². The number of pyridine rings is 1. The van der Waals surface area contributed by atoms with Gasteiger partial charge in [0.15, 0.2) is 4.96 Å². The van der Waals surface area contributed by atoms with Crippen LogP contribution in [0.2, 0.25) is 0 Å². The van der Waals surface area contributed by atoms with Crippen molar-refractivity contribution in [3.8, 4) is 0 Å². The molecule has 0 aromatic carbocycles. The summed E-state index contributed by atoms with van der Waals surface area (Å²) in [6, 6.07) is 7.70. The van der Waals surface area contributed by atoms with Gasteiger partial charge in [0.2, 0.25) is 5.91 Å². The second-order valence-corrected chi connectivity index (χ2v) is 7.37. The number of thiophene rings is 1. The van der Waals surface area contributed by atoms with E-state index in [1.54, 1.807) is 28.9 Å². The van der Waals surface area contributed by atoms with Crippen molar-refractivity contribution in [2.24, 2.45) is 0 Å². The summed E-state index contributed by atoms with van der Waals surface area (Å²) < 4.78 is 1.94. The van der Waals surface area contributed by atoms with Gasteiger partial charge in [-0.15, -0.1) is 11.3 Å². The van der Waals surface area contributed by atoms with Crippen molar-refractivity contribution in [3.05, 3.63) is 75.9 Å². The van der Waals surface area contributed by atoms with Crippen LogP contribution in [0, 0.1) is 0 Å². The van der Waals surface area contributed by atoms with Crippen molar-refractivity contribution in [2.45, 2.75) is 18.9 Å². The molecule has 0 aliphatic carbocycles. The van der Waals surface area contributed by atoms with Crippen LogP contribution in [0.25, 0.3) is 4.96 Å². The summed E-state index contributed by atoms with van der Waals surface area (Å²) >= 11 is 3.22. The molecule has 0 aliphatic rings. The molecular formula is C18H16N4OS2. The highest BCUT2D eigenvalue weighted by Crippen LogP contribution is 2.19. The van der Waals surface area contributed by atoms with Crippen LogP contribution in [0.3, 0.4) is 0 Å². The fraction of sp³-hybridized carbons (Fsp3) is 0.167. The SMILES string of the molecule is O=C(Cc1cn2ccsc2n1)N[C@@H](Cc1ccsc1)c1ccccn1. The lowest BCUT2D eigenvalue weighted by molar-refractivity contribution is -0.121. The van der Waals surface area contributed by atoms with E-state index in [1.807, 2.05) is 45.8 Å². The standard InChI is InChI=1S/C18H16N4OS2/c23-17(10-14-11-22-6-8-25-18(22)20-14)21-16(9-13-4-7-24-12-13)15-3-1-2-5-19-15/h1-8,11-12,16H,9-10H2,(H,21,23)/t16-/m0/s1. The van der Waals surface area contributed by atoms with Gasteiger partial charge in [-0.2, -0.15) is 11.3 Å². The maximum absolute atomic E-state index is 12.5. The zero-order valence-electron chi connectivity index (χ0n) is 13.3. The number of imidazole rings is 1. The Morgan fingerprint density at radius 3 is 3.00 bits per heavy atom. The minimum atomic E-state index is -0.146. The lowest BCUT2D eigenvalue weighted by Gasteiger charge is -2.17. The third kappa shape index (κ3) is 3.78. The Kier molecular flexibility index (Phi) is 4.58. The van der Waals surface area contributed by atoms with Crippen molar-refractivity contribution in [1.29, 1.82) is 0 Å². The first-order chi connectivity index (χ1) is 12.3. The molecule has 0 aliphatic heterocycles. The summed E-state index contributed by atoms with van der Waals surface area (Å²) in [4.78, 5) is 22.3. The van der Waals surface area contributed by atoms with E-state index in [4.69, 9.17) is 0 Å². The molecule has 25 heavy (non-hydrogen) atoms. The number of nitrogens with zero attached hydrogens (tertiary/aromatic N) is 3. The summed E-state index contributed by atoms with van der Waals surface area (Å²) in [5.74, 6) is -0.0448. The van der Waals surface area contributed by atoms with E-state index in [0.29, 0.717) is 0 Å². The van der Waals surface area contributed by atoms with E-state index in [9.17, 15) is 4.79 Å². The van der Waals surface area contributed by atoms with Gasteiger partial charge in [0.1, 0.15) is 0 Å². The normalized spacial score (nSPS) is 12.3. The van der Waals surface area contributed by atoms with E-state index >= 15 is 0 Å². The Balaban J connectivity index is 1.49. The number of carbonyl (C=O) groups excluding carboxylic acids is 1. The minimum Gasteiger partial charge on any atom is -0.347 e. The quantitative estimate of drug-likeness (QED) is 0.567. The molecule has 0 saturated heterocycles. The molecule has 0 spiro atoms. The molecule has 4 heterocycles. The fourth-order valence-corrected chi connectivity index (χ4v) is 4.13. The number of nitrogens with one attached hydrogen (secondary N) is 1. The molecule has 4 rings (SSSR count). The van der Waals surface area contributed by atoms with Gasteiger partial charge in [0.05, 0.1) is 23.9 Å². The molecular weight excluding hydrogens is 352 g/mol. The molecule has 5 nitrogen and oxygen atoms in total. The van der Waals surface area contributed by atoms with Crippen LogP contribution in [-0.4, -0.2) is 20.3 Å². The molecule has 0 bridgehead atoms. The average Bonchev–Trinajstić information content (AvgIpc) is 3.32. The predicted molar refractivity (Wildman–Crippen MR) is 99.9 cm³/mol. The highest BCUT2D eigenvalue weighted by atomic mass is 32.1. The summed E-state index contributed by atoms with van der Waals surface area (Å²) in [5, 5.41) is 9.24. The Hall–Kier alpha value is -2.51. The van der Waals surface area contributed by atoms with Crippen molar-refractivity contribution in [2.75, 3.05) is 0 Å². The Labute approximate surface area is 153 Å². The van der Waals surface area contributed by atoms with Crippen LogP contribution in [0.15, 0.2) is 59.0 Å². The van der Waals surface area contributed by atoms with Crippen molar-refractivity contribution in [1.82, 2.24) is 19.7 Å². The lowest BCUT2D eigenvalue weighted by Crippen LogP contribution is -2.31. The number of amides is 1. The smallest absolute Gasteiger partial charge is 0.226 e. The van der Waals surface area contributed by atoms with E-state index in [1.165, 1.54) is 5.56 Å². The van der Waals surface area contributed by atoms with Gasteiger partial charge >= 0.3 is 0 Å². The number of carbonyl (C=O) groups is 1. The molecule has 1 atom stereocenters. The molecule has 0 radical (unpaired) electrons. The molecule has 4 aromatic heterocycles. The monoisotopic (exact) mass is 368 g/mol. The first-order valence-corrected chi connectivity index (χ1v) is 9.72. The molecule has 1 N–H and O–H groups in total. The summed E-state index contributed by atoms with van der Waals surface area (Å²) in [6.45, 7) is 0. The van der Waals surface area contributed by atoms with Gasteiger partial charge in [0, 0.05) is 24.0 Å². The summed E-state index contributed by atoms with van der Waals surface area (Å²) in [5.41, 5.74) is 2.84. The number of rotatable bonds is 6. The minimum absolute atomic E-state index is 0.0448. The van der Waals surface area contributed by atoms with Crippen LogP contribution in [0.1, 0.15) is 23.0 Å². The highest BCUT2D eigenvalue weighted by Gasteiger charge is 2.18. The summed E-state index contributed by atoms with van der Waals surface area (Å²) in [7, 11) is 0. The van der Waals surface area contributed by atoms with Crippen LogP contribution in [0.4, 0.5) is 0 Å². The fourth-order valence-electron chi connectivity index (χ4n) is 2.73. The van der Waals surface area contributed by atoms with Gasteiger partial charge in [-0.05, 0) is 40.9 Å². The van der Waals surface area contributed by atoms with E-state index in [-0.39, 0.29) is 18.4 Å². The van der Waals surface area contributed by atoms with Crippen molar-refractivity contribution >= 4 is 33.5 Å². The van der Waals surface area contributed by atoms with Gasteiger partial charge in [-0.3, -0.25) is 14.2 Å². The maximum atomic E-state index is 12.5. The largest absolute Gasteiger partial charge is 0.347 e. The van der Waals surface area contributed by atoms with Crippen LogP contribution < -0.4 is 5.32 Å². The van der Waals surface area contributed by atoms with E-state index in [0.717, 1.165) is 22.8 Å². The zero-order valence-corrected chi connectivity index (χ0v) is 15.0. The third-order valence-electron chi connectivity index (χ3n) is 3.88. The zero-order chi connectivity index (χ0) is 17.1. The highest BCUT2D eigenvalue weighted by molar-refractivity contribution is 7.15. The van der Waals surface area contributed by atoms with Gasteiger partial charge in [0.25, 0.3) is 0 Å². The number of fused-ring (bicyclic) bond motifs is 1. The van der Waals surface area contributed by atoms with Crippen LogP contribution >= 0.6 is 22.7 Å². The lowest BCUT2D eigenvalue weighted by atomic mass is 10.0. The first-order valence-electron chi connectivity index (χ1n) is 7.90. The maximum Gasteiger partial charge on any atom is 0.226 e. The second kappa shape index (κ2) is 7.16. The van der Waals surface area contributed by atoms with E-state index < -0.39 is 0 Å². The molecule has 4 aromatic rings. The van der Waals surface area contributed by atoms with Crippen molar-refractivity contribution < 1.29 is 4.79 Å². The first kappa shape index (κ1) is 16.0. The molecule has 126 valence electrons. The van der Waals surface area contributed by atoms with Crippen molar-refractivity contribution in [3.63, 3.8) is 0 Å². The molecule has 7 heteroatoms. The number of thiazole rings is 1. The van der Waals surface area contributed by atoms with Gasteiger partial charge in [-0.1, -0.05) is 6.07 Å². The summed E-state index contributed by atoms with van der Waals surface area (Å²) in [6.07, 6.45) is 6.60. The Morgan fingerprint density at radius 1 is 1.28 bits per heavy atom. The number of hydrogen-bond donors (Lipinski definition) is 1. The topological polar surface area (TPSA) is 59.3 Å². The molecule has 0 unspecified atom stereocenters. The predicted octanol–water partition coefficient (Wildman–Crippen LogP) is 3.50. The molecule has 0 saturated carbocycles. The molecule has 1 amide bonds. The Bertz CT molecular complexity index is 931.